The van der Waals surface area contributed by atoms with Gasteiger partial charge in [0.05, 0.1) is 5.39 Å². The molecule has 0 aliphatic rings. The van der Waals surface area contributed by atoms with Crippen LogP contribution in [0.2, 0.25) is 5.02 Å². The van der Waals surface area contributed by atoms with E-state index in [1.165, 1.54) is 6.92 Å². The van der Waals surface area contributed by atoms with Crippen LogP contribution >= 0.6 is 11.6 Å². The Hall–Kier alpha value is -3.19. The third-order valence-corrected chi connectivity index (χ3v) is 3.87. The fourth-order valence-corrected chi connectivity index (χ4v) is 2.54. The number of nitrogens with one attached hydrogen (secondary N) is 2. The van der Waals surface area contributed by atoms with Gasteiger partial charge in [-0.3, -0.25) is 9.59 Å². The van der Waals surface area contributed by atoms with Crippen molar-refractivity contribution in [3.05, 3.63) is 69.6 Å². The molecule has 0 spiro atoms. The van der Waals surface area contributed by atoms with Gasteiger partial charge in [0.15, 0.2) is 11.8 Å². The van der Waals surface area contributed by atoms with Crippen LogP contribution in [0.1, 0.15) is 17.4 Å². The van der Waals surface area contributed by atoms with E-state index in [-0.39, 0.29) is 5.69 Å². The lowest BCUT2D eigenvalue weighted by Gasteiger charge is -2.14. The molecule has 1 atom stereocenters. The molecule has 0 bridgehead atoms. The SMILES string of the molecule is C[C@H](OC(=O)c1n[nH]c(=O)c2ccccc12)C(=O)Nc1cccc(Cl)c1. The Morgan fingerprint density at radius 1 is 1.15 bits per heavy atom. The van der Waals surface area contributed by atoms with Crippen molar-refractivity contribution in [1.29, 1.82) is 0 Å². The van der Waals surface area contributed by atoms with E-state index in [2.05, 4.69) is 15.5 Å². The topological polar surface area (TPSA) is 101 Å². The third-order valence-electron chi connectivity index (χ3n) is 3.63. The minimum absolute atomic E-state index is 0.0670. The Morgan fingerprint density at radius 3 is 2.62 bits per heavy atom. The first-order valence-corrected chi connectivity index (χ1v) is 8.08. The molecule has 132 valence electrons. The standard InChI is InChI=1S/C18H14ClN3O4/c1-10(16(23)20-12-6-4-5-11(19)9-12)26-18(25)15-13-7-2-3-8-14(13)17(24)22-21-15/h2-10H,1H3,(H,20,23)(H,22,24)/t10-/m0/s1. The van der Waals surface area contributed by atoms with Gasteiger partial charge in [-0.15, -0.1) is 0 Å². The second-order valence-electron chi connectivity index (χ2n) is 5.49. The van der Waals surface area contributed by atoms with Crippen molar-refractivity contribution in [3.63, 3.8) is 0 Å². The normalized spacial score (nSPS) is 11.8. The van der Waals surface area contributed by atoms with Gasteiger partial charge in [-0.2, -0.15) is 5.10 Å². The number of carbonyl (C=O) groups excluding carboxylic acids is 2. The number of benzene rings is 2. The Balaban J connectivity index is 1.76. The largest absolute Gasteiger partial charge is 0.448 e. The molecule has 3 aromatic rings. The summed E-state index contributed by atoms with van der Waals surface area (Å²) in [6.45, 7) is 1.44. The maximum atomic E-state index is 12.4. The highest BCUT2D eigenvalue weighted by atomic mass is 35.5. The van der Waals surface area contributed by atoms with Gasteiger partial charge in [0.2, 0.25) is 0 Å². The number of rotatable bonds is 4. The molecular weight excluding hydrogens is 358 g/mol. The maximum absolute atomic E-state index is 12.4. The number of hydrogen-bond acceptors (Lipinski definition) is 5. The van der Waals surface area contributed by atoms with Crippen molar-refractivity contribution in [3.8, 4) is 0 Å². The second-order valence-corrected chi connectivity index (χ2v) is 5.93. The van der Waals surface area contributed by atoms with Gasteiger partial charge in [-0.05, 0) is 31.2 Å². The molecular formula is C18H14ClN3O4. The van der Waals surface area contributed by atoms with Crippen LogP contribution in [0.4, 0.5) is 5.69 Å². The number of hydrogen-bond donors (Lipinski definition) is 2. The Bertz CT molecular complexity index is 1050. The average Bonchev–Trinajstić information content (AvgIpc) is 2.62. The predicted molar refractivity (Wildman–Crippen MR) is 97.3 cm³/mol. The summed E-state index contributed by atoms with van der Waals surface area (Å²) in [5.41, 5.74) is 0.00418. The quantitative estimate of drug-likeness (QED) is 0.687. The van der Waals surface area contributed by atoms with Crippen molar-refractivity contribution < 1.29 is 14.3 Å². The molecule has 1 heterocycles. The lowest BCUT2D eigenvalue weighted by atomic mass is 10.1. The highest BCUT2D eigenvalue weighted by molar-refractivity contribution is 6.30. The van der Waals surface area contributed by atoms with Crippen LogP contribution in [-0.4, -0.2) is 28.2 Å². The number of fused-ring (bicyclic) bond motifs is 1. The van der Waals surface area contributed by atoms with Gasteiger partial charge in [-0.25, -0.2) is 9.89 Å². The first-order chi connectivity index (χ1) is 12.5. The zero-order valence-corrected chi connectivity index (χ0v) is 14.4. The van der Waals surface area contributed by atoms with Crippen molar-refractivity contribution in [1.82, 2.24) is 10.2 Å². The highest BCUT2D eigenvalue weighted by Crippen LogP contribution is 2.17. The Morgan fingerprint density at radius 2 is 1.88 bits per heavy atom. The summed E-state index contributed by atoms with van der Waals surface area (Å²) in [4.78, 5) is 36.4. The maximum Gasteiger partial charge on any atom is 0.360 e. The molecule has 26 heavy (non-hydrogen) atoms. The van der Waals surface area contributed by atoms with Crippen LogP contribution in [-0.2, 0) is 9.53 Å². The molecule has 1 aromatic heterocycles. The van der Waals surface area contributed by atoms with Crippen molar-refractivity contribution in [2.75, 3.05) is 5.32 Å². The smallest absolute Gasteiger partial charge is 0.360 e. The first-order valence-electron chi connectivity index (χ1n) is 7.70. The molecule has 0 saturated carbocycles. The Labute approximate surface area is 152 Å². The van der Waals surface area contributed by atoms with E-state index < -0.39 is 23.5 Å². The van der Waals surface area contributed by atoms with Gasteiger partial charge in [0, 0.05) is 16.1 Å². The monoisotopic (exact) mass is 371 g/mol. The molecule has 2 aromatic carbocycles. The molecule has 2 N–H and O–H groups in total. The summed E-state index contributed by atoms with van der Waals surface area (Å²) in [7, 11) is 0. The summed E-state index contributed by atoms with van der Waals surface area (Å²) in [6, 6.07) is 13.1. The average molecular weight is 372 g/mol. The lowest BCUT2D eigenvalue weighted by Crippen LogP contribution is -2.30. The number of carbonyl (C=O) groups is 2. The summed E-state index contributed by atoms with van der Waals surface area (Å²) >= 11 is 5.87. The number of aromatic nitrogens is 2. The Kier molecular flexibility index (Phi) is 4.99. The first kappa shape index (κ1) is 17.6. The number of H-pyrrole nitrogens is 1. The molecule has 7 nitrogen and oxygen atoms in total. The predicted octanol–water partition coefficient (Wildman–Crippen LogP) is 2.76. The van der Waals surface area contributed by atoms with Crippen LogP contribution in [0.25, 0.3) is 10.8 Å². The fraction of sp³-hybridized carbons (Fsp3) is 0.111. The zero-order valence-electron chi connectivity index (χ0n) is 13.7. The molecule has 1 amide bonds. The summed E-state index contributed by atoms with van der Waals surface area (Å²) in [6.07, 6.45) is -1.08. The molecule has 3 rings (SSSR count). The van der Waals surface area contributed by atoms with Crippen LogP contribution in [0, 0.1) is 0 Å². The third kappa shape index (κ3) is 3.73. The number of halogens is 1. The minimum Gasteiger partial charge on any atom is -0.448 e. The zero-order chi connectivity index (χ0) is 18.7. The van der Waals surface area contributed by atoms with Gasteiger partial charge in [-0.1, -0.05) is 35.9 Å². The minimum atomic E-state index is -1.08. The van der Waals surface area contributed by atoms with Gasteiger partial charge < -0.3 is 10.1 Å². The van der Waals surface area contributed by atoms with Crippen LogP contribution in [0.5, 0.6) is 0 Å². The number of ether oxygens (including phenoxy) is 1. The van der Waals surface area contributed by atoms with Crippen LogP contribution in [0.3, 0.4) is 0 Å². The molecule has 0 radical (unpaired) electrons. The fourth-order valence-electron chi connectivity index (χ4n) is 2.35. The van der Waals surface area contributed by atoms with E-state index in [9.17, 15) is 14.4 Å². The van der Waals surface area contributed by atoms with E-state index in [0.717, 1.165) is 0 Å². The van der Waals surface area contributed by atoms with Crippen LogP contribution < -0.4 is 10.9 Å². The molecule has 0 unspecified atom stereocenters. The van der Waals surface area contributed by atoms with Crippen molar-refractivity contribution in [2.45, 2.75) is 13.0 Å². The van der Waals surface area contributed by atoms with Crippen molar-refractivity contribution >= 4 is 39.9 Å². The summed E-state index contributed by atoms with van der Waals surface area (Å²) in [5.74, 6) is -1.33. The summed E-state index contributed by atoms with van der Waals surface area (Å²) < 4.78 is 5.18. The molecule has 0 aliphatic carbocycles. The number of anilines is 1. The lowest BCUT2D eigenvalue weighted by molar-refractivity contribution is -0.123. The number of aromatic amines is 1. The van der Waals surface area contributed by atoms with Crippen molar-refractivity contribution in [2.24, 2.45) is 0 Å². The summed E-state index contributed by atoms with van der Waals surface area (Å²) in [5, 5.41) is 9.74. The second kappa shape index (κ2) is 7.37. The van der Waals surface area contributed by atoms with E-state index in [4.69, 9.17) is 16.3 Å². The van der Waals surface area contributed by atoms with Gasteiger partial charge in [0.1, 0.15) is 0 Å². The van der Waals surface area contributed by atoms with Crippen LogP contribution in [0.15, 0.2) is 53.3 Å². The molecule has 0 saturated heterocycles. The highest BCUT2D eigenvalue weighted by Gasteiger charge is 2.22. The van der Waals surface area contributed by atoms with E-state index in [1.54, 1.807) is 48.5 Å². The van der Waals surface area contributed by atoms with E-state index in [0.29, 0.717) is 21.5 Å². The van der Waals surface area contributed by atoms with Gasteiger partial charge >= 0.3 is 5.97 Å². The number of nitrogens with zero attached hydrogens (tertiary/aromatic N) is 1. The molecule has 0 aliphatic heterocycles. The van der Waals surface area contributed by atoms with Gasteiger partial charge in [0.25, 0.3) is 11.5 Å². The molecule has 8 heteroatoms. The number of esters is 1. The number of amides is 1. The van der Waals surface area contributed by atoms with E-state index >= 15 is 0 Å². The molecule has 0 fully saturated rings. The van der Waals surface area contributed by atoms with E-state index in [1.807, 2.05) is 0 Å².